The summed E-state index contributed by atoms with van der Waals surface area (Å²) in [7, 11) is -3.40. The van der Waals surface area contributed by atoms with Gasteiger partial charge in [0.2, 0.25) is 10.0 Å². The zero-order valence-corrected chi connectivity index (χ0v) is 16.9. The van der Waals surface area contributed by atoms with Gasteiger partial charge in [-0.2, -0.15) is 0 Å². The maximum Gasteiger partial charge on any atom is 0.313 e. The van der Waals surface area contributed by atoms with Crippen LogP contribution in [0.1, 0.15) is 6.42 Å². The minimum atomic E-state index is -3.40. The molecule has 1 aromatic carbocycles. The highest BCUT2D eigenvalue weighted by Gasteiger charge is 2.30. The first-order valence-corrected chi connectivity index (χ1v) is 11.0. The average molecular weight is 431 g/mol. The van der Waals surface area contributed by atoms with Gasteiger partial charge >= 0.3 is 11.8 Å². The summed E-state index contributed by atoms with van der Waals surface area (Å²) in [6.45, 7) is 4.26. The first kappa shape index (κ1) is 20.8. The van der Waals surface area contributed by atoms with E-state index in [0.29, 0.717) is 50.6 Å². The molecule has 2 saturated heterocycles. The van der Waals surface area contributed by atoms with Crippen molar-refractivity contribution in [1.29, 1.82) is 0 Å². The van der Waals surface area contributed by atoms with E-state index >= 15 is 0 Å². The Morgan fingerprint density at radius 3 is 2.57 bits per heavy atom. The molecule has 3 rings (SSSR count). The zero-order chi connectivity index (χ0) is 20.1. The largest absolute Gasteiger partial charge is 0.379 e. The third kappa shape index (κ3) is 5.13. The summed E-state index contributed by atoms with van der Waals surface area (Å²) in [5, 5.41) is 5.32. The smallest absolute Gasteiger partial charge is 0.313 e. The number of rotatable bonds is 5. The lowest BCUT2D eigenvalue weighted by atomic mass is 10.2. The predicted molar refractivity (Wildman–Crippen MR) is 106 cm³/mol. The maximum atomic E-state index is 12.1. The molecule has 2 aliphatic heterocycles. The van der Waals surface area contributed by atoms with Crippen molar-refractivity contribution in [2.45, 2.75) is 6.42 Å². The molecule has 0 aliphatic carbocycles. The lowest BCUT2D eigenvalue weighted by molar-refractivity contribution is -0.136. The lowest BCUT2D eigenvalue weighted by Crippen LogP contribution is -2.43. The first-order chi connectivity index (χ1) is 13.4. The number of morpholine rings is 1. The molecule has 0 saturated carbocycles. The van der Waals surface area contributed by atoms with Crippen molar-refractivity contribution in [1.82, 2.24) is 10.2 Å². The highest BCUT2D eigenvalue weighted by atomic mass is 35.5. The first-order valence-electron chi connectivity index (χ1n) is 9.06. The van der Waals surface area contributed by atoms with Crippen molar-refractivity contribution >= 4 is 44.8 Å². The van der Waals surface area contributed by atoms with Gasteiger partial charge in [-0.1, -0.05) is 11.6 Å². The van der Waals surface area contributed by atoms with Crippen LogP contribution in [0, 0.1) is 0 Å². The van der Waals surface area contributed by atoms with E-state index in [0.717, 1.165) is 13.1 Å². The summed E-state index contributed by atoms with van der Waals surface area (Å²) in [5.74, 6) is -1.51. The van der Waals surface area contributed by atoms with Crippen LogP contribution in [0.4, 0.5) is 11.4 Å². The zero-order valence-electron chi connectivity index (χ0n) is 15.3. The molecule has 1 aromatic rings. The van der Waals surface area contributed by atoms with Crippen LogP contribution < -0.4 is 14.9 Å². The van der Waals surface area contributed by atoms with Gasteiger partial charge in [0.05, 0.1) is 29.7 Å². The summed E-state index contributed by atoms with van der Waals surface area (Å²) < 4.78 is 30.7. The molecule has 28 heavy (non-hydrogen) atoms. The van der Waals surface area contributed by atoms with E-state index < -0.39 is 21.8 Å². The molecule has 11 heteroatoms. The van der Waals surface area contributed by atoms with E-state index in [-0.39, 0.29) is 10.8 Å². The van der Waals surface area contributed by atoms with Crippen LogP contribution >= 0.6 is 11.6 Å². The average Bonchev–Trinajstić information content (AvgIpc) is 3.03. The highest BCUT2D eigenvalue weighted by molar-refractivity contribution is 7.93. The third-order valence-corrected chi connectivity index (χ3v) is 6.77. The second-order valence-electron chi connectivity index (χ2n) is 6.57. The number of amides is 2. The van der Waals surface area contributed by atoms with Crippen molar-refractivity contribution in [2.24, 2.45) is 0 Å². The fourth-order valence-electron chi connectivity index (χ4n) is 3.11. The number of carbonyl (C=O) groups is 2. The van der Waals surface area contributed by atoms with Gasteiger partial charge in [-0.25, -0.2) is 8.42 Å². The van der Waals surface area contributed by atoms with Crippen LogP contribution in [0.2, 0.25) is 5.02 Å². The number of hydrogen-bond donors (Lipinski definition) is 2. The Balaban J connectivity index is 1.56. The minimum Gasteiger partial charge on any atom is -0.379 e. The Bertz CT molecular complexity index is 842. The molecule has 2 fully saturated rings. The number of benzene rings is 1. The molecule has 2 amide bonds. The molecule has 0 atom stereocenters. The van der Waals surface area contributed by atoms with Gasteiger partial charge < -0.3 is 15.4 Å². The van der Waals surface area contributed by atoms with Crippen LogP contribution in [0.3, 0.4) is 0 Å². The second-order valence-corrected chi connectivity index (χ2v) is 8.99. The lowest BCUT2D eigenvalue weighted by Gasteiger charge is -2.26. The van der Waals surface area contributed by atoms with E-state index in [1.807, 2.05) is 0 Å². The number of nitrogens with one attached hydrogen (secondary N) is 2. The summed E-state index contributed by atoms with van der Waals surface area (Å²) in [6.07, 6.45) is 0.515. The summed E-state index contributed by atoms with van der Waals surface area (Å²) in [4.78, 5) is 26.3. The number of anilines is 2. The normalized spacial score (nSPS) is 19.4. The Labute approximate surface area is 169 Å². The van der Waals surface area contributed by atoms with Gasteiger partial charge in [0.15, 0.2) is 0 Å². The van der Waals surface area contributed by atoms with E-state index in [9.17, 15) is 18.0 Å². The molecule has 0 bridgehead atoms. The molecule has 0 unspecified atom stereocenters. The standard InChI is InChI=1S/C17H23ClN4O5S/c18-14-3-2-13(12-15(14)22-5-1-11-28(22,25)26)20-17(24)16(23)19-4-6-21-7-9-27-10-8-21/h2-3,12H,1,4-11H2,(H,19,23)(H,20,24). The number of hydrogen-bond acceptors (Lipinski definition) is 6. The number of nitrogens with zero attached hydrogens (tertiary/aromatic N) is 2. The van der Waals surface area contributed by atoms with Crippen LogP contribution in [-0.4, -0.2) is 76.8 Å². The van der Waals surface area contributed by atoms with Crippen LogP contribution in [0.15, 0.2) is 18.2 Å². The van der Waals surface area contributed by atoms with Crippen LogP contribution in [0.25, 0.3) is 0 Å². The molecule has 154 valence electrons. The summed E-state index contributed by atoms with van der Waals surface area (Å²) in [6, 6.07) is 4.48. The topological polar surface area (TPSA) is 108 Å². The van der Waals surface area contributed by atoms with Crippen molar-refractivity contribution in [3.63, 3.8) is 0 Å². The van der Waals surface area contributed by atoms with E-state index in [2.05, 4.69) is 15.5 Å². The van der Waals surface area contributed by atoms with Gasteiger partial charge in [0.1, 0.15) is 0 Å². The fraction of sp³-hybridized carbons (Fsp3) is 0.529. The van der Waals surface area contributed by atoms with Crippen molar-refractivity contribution in [3.05, 3.63) is 23.2 Å². The minimum absolute atomic E-state index is 0.0610. The molecular weight excluding hydrogens is 408 g/mol. The fourth-order valence-corrected chi connectivity index (χ4v) is 4.95. The van der Waals surface area contributed by atoms with Gasteiger partial charge in [-0.3, -0.25) is 18.8 Å². The van der Waals surface area contributed by atoms with E-state index in [1.54, 1.807) is 0 Å². The SMILES string of the molecule is O=C(NCCN1CCOCC1)C(=O)Nc1ccc(Cl)c(N2CCCS2(=O)=O)c1. The number of sulfonamides is 1. The van der Waals surface area contributed by atoms with Crippen molar-refractivity contribution in [3.8, 4) is 0 Å². The van der Waals surface area contributed by atoms with E-state index in [4.69, 9.17) is 16.3 Å². The Morgan fingerprint density at radius 2 is 1.89 bits per heavy atom. The molecule has 0 radical (unpaired) electrons. The quantitative estimate of drug-likeness (QED) is 0.649. The number of carbonyl (C=O) groups excluding carboxylic acids is 2. The third-order valence-electron chi connectivity index (χ3n) is 4.60. The Hall–Kier alpha value is -1.88. The van der Waals surface area contributed by atoms with Gasteiger partial charge in [-0.15, -0.1) is 0 Å². The van der Waals surface area contributed by atoms with Crippen molar-refractivity contribution in [2.75, 3.05) is 61.3 Å². The summed E-state index contributed by atoms with van der Waals surface area (Å²) >= 11 is 6.13. The van der Waals surface area contributed by atoms with Crippen LogP contribution in [0.5, 0.6) is 0 Å². The van der Waals surface area contributed by atoms with Crippen LogP contribution in [-0.2, 0) is 24.3 Å². The van der Waals surface area contributed by atoms with Gasteiger partial charge in [0, 0.05) is 38.4 Å². The predicted octanol–water partition coefficient (Wildman–Crippen LogP) is 0.267. The maximum absolute atomic E-state index is 12.1. The molecular formula is C17H23ClN4O5S. The molecule has 2 aliphatic rings. The highest BCUT2D eigenvalue weighted by Crippen LogP contribution is 2.33. The van der Waals surface area contributed by atoms with Crippen molar-refractivity contribution < 1.29 is 22.7 Å². The number of halogens is 1. The molecule has 9 nitrogen and oxygen atoms in total. The Kier molecular flexibility index (Phi) is 6.76. The monoisotopic (exact) mass is 430 g/mol. The second kappa shape index (κ2) is 9.08. The van der Waals surface area contributed by atoms with Gasteiger partial charge in [0.25, 0.3) is 0 Å². The summed E-state index contributed by atoms with van der Waals surface area (Å²) in [5.41, 5.74) is 0.597. The van der Waals surface area contributed by atoms with Gasteiger partial charge in [-0.05, 0) is 24.6 Å². The van der Waals surface area contributed by atoms with E-state index in [1.165, 1.54) is 22.5 Å². The number of ether oxygens (including phenoxy) is 1. The molecule has 2 heterocycles. The molecule has 2 N–H and O–H groups in total. The molecule has 0 spiro atoms. The molecule has 0 aromatic heterocycles. The Morgan fingerprint density at radius 1 is 1.14 bits per heavy atom.